The van der Waals surface area contributed by atoms with Gasteiger partial charge in [-0.05, 0) is 50.6 Å². The highest BCUT2D eigenvalue weighted by Crippen LogP contribution is 2.21. The summed E-state index contributed by atoms with van der Waals surface area (Å²) in [6, 6.07) is 17.6. The van der Waals surface area contributed by atoms with Crippen molar-refractivity contribution in [2.75, 3.05) is 0 Å². The van der Waals surface area contributed by atoms with Gasteiger partial charge in [0.2, 0.25) is 0 Å². The van der Waals surface area contributed by atoms with E-state index in [0.29, 0.717) is 12.5 Å². The van der Waals surface area contributed by atoms with Crippen LogP contribution in [0.4, 0.5) is 0 Å². The fourth-order valence-electron chi connectivity index (χ4n) is 1.89. The van der Waals surface area contributed by atoms with E-state index in [-0.39, 0.29) is 5.54 Å². The number of nitrogens with zero attached hydrogens (tertiary/aromatic N) is 1. The van der Waals surface area contributed by atoms with Crippen LogP contribution in [0.15, 0.2) is 59.6 Å². The van der Waals surface area contributed by atoms with E-state index >= 15 is 0 Å². The zero-order chi connectivity index (χ0) is 16.0. The second-order valence-electron chi connectivity index (χ2n) is 6.14. The number of hydrogen-bond acceptors (Lipinski definition) is 2. The quantitative estimate of drug-likeness (QED) is 0.668. The summed E-state index contributed by atoms with van der Waals surface area (Å²) in [5, 5.41) is 3.14. The number of para-hydroxylation sites is 1. The molecule has 0 amide bonds. The van der Waals surface area contributed by atoms with Gasteiger partial charge in [0.05, 0.1) is 6.54 Å². The van der Waals surface area contributed by atoms with Crippen molar-refractivity contribution in [2.45, 2.75) is 32.9 Å². The van der Waals surface area contributed by atoms with Crippen LogP contribution in [0.1, 0.15) is 26.3 Å². The van der Waals surface area contributed by atoms with Crippen LogP contribution in [0.2, 0.25) is 0 Å². The third kappa shape index (κ3) is 5.48. The van der Waals surface area contributed by atoms with Crippen LogP contribution in [-0.2, 0) is 6.54 Å². The third-order valence-electron chi connectivity index (χ3n) is 2.84. The summed E-state index contributed by atoms with van der Waals surface area (Å²) in [6.07, 6.45) is 0. The molecule has 0 fully saturated rings. The second kappa shape index (κ2) is 6.98. The minimum Gasteiger partial charge on any atom is -0.457 e. The first-order valence-electron chi connectivity index (χ1n) is 7.32. The van der Waals surface area contributed by atoms with E-state index in [1.165, 1.54) is 0 Å². The minimum absolute atomic E-state index is 0.0824. The van der Waals surface area contributed by atoms with Crippen molar-refractivity contribution in [1.82, 2.24) is 5.32 Å². The van der Waals surface area contributed by atoms with Gasteiger partial charge in [0, 0.05) is 5.54 Å². The van der Waals surface area contributed by atoms with E-state index in [1.807, 2.05) is 75.4 Å². The Morgan fingerprint density at radius 3 is 2.18 bits per heavy atom. The van der Waals surface area contributed by atoms with E-state index in [0.717, 1.165) is 17.1 Å². The average molecular weight is 297 g/mol. The smallest absolute Gasteiger partial charge is 0.189 e. The molecule has 0 saturated carbocycles. The Hall–Kier alpha value is -2.49. The van der Waals surface area contributed by atoms with Crippen molar-refractivity contribution >= 4 is 5.96 Å². The summed E-state index contributed by atoms with van der Waals surface area (Å²) in [6.45, 7) is 6.68. The molecule has 116 valence electrons. The molecule has 2 aromatic rings. The molecular formula is C18H23N3O. The van der Waals surface area contributed by atoms with Gasteiger partial charge < -0.3 is 15.8 Å². The van der Waals surface area contributed by atoms with Gasteiger partial charge in [-0.2, -0.15) is 0 Å². The standard InChI is InChI=1S/C18H23N3O/c1-18(2,3)21-17(19)20-13-14-9-11-16(12-10-14)22-15-7-5-4-6-8-15/h4-12H,13H2,1-3H3,(H3,19,20,21). The highest BCUT2D eigenvalue weighted by Gasteiger charge is 2.09. The van der Waals surface area contributed by atoms with Crippen LogP contribution >= 0.6 is 0 Å². The van der Waals surface area contributed by atoms with Crippen molar-refractivity contribution in [1.29, 1.82) is 0 Å². The lowest BCUT2D eigenvalue weighted by Gasteiger charge is -2.20. The van der Waals surface area contributed by atoms with E-state index in [1.54, 1.807) is 0 Å². The normalized spacial score (nSPS) is 12.0. The van der Waals surface area contributed by atoms with Crippen LogP contribution in [0.3, 0.4) is 0 Å². The minimum atomic E-state index is -0.0824. The Labute approximate surface area is 132 Å². The highest BCUT2D eigenvalue weighted by molar-refractivity contribution is 5.78. The molecule has 0 bridgehead atoms. The van der Waals surface area contributed by atoms with Crippen molar-refractivity contribution in [3.8, 4) is 11.5 Å². The summed E-state index contributed by atoms with van der Waals surface area (Å²) in [5.41, 5.74) is 6.85. The van der Waals surface area contributed by atoms with E-state index in [2.05, 4.69) is 10.3 Å². The molecule has 3 N–H and O–H groups in total. The molecule has 0 atom stereocenters. The first-order valence-corrected chi connectivity index (χ1v) is 7.32. The molecule has 0 radical (unpaired) electrons. The van der Waals surface area contributed by atoms with Gasteiger partial charge in [-0.1, -0.05) is 30.3 Å². The topological polar surface area (TPSA) is 59.6 Å². The van der Waals surface area contributed by atoms with Gasteiger partial charge in [0.25, 0.3) is 0 Å². The van der Waals surface area contributed by atoms with Gasteiger partial charge in [-0.15, -0.1) is 0 Å². The number of rotatable bonds is 4. The van der Waals surface area contributed by atoms with E-state index in [4.69, 9.17) is 10.5 Å². The Morgan fingerprint density at radius 1 is 1.00 bits per heavy atom. The Balaban J connectivity index is 1.93. The molecule has 0 unspecified atom stereocenters. The fraction of sp³-hybridized carbons (Fsp3) is 0.278. The molecule has 22 heavy (non-hydrogen) atoms. The molecule has 2 aromatic carbocycles. The molecule has 0 aromatic heterocycles. The van der Waals surface area contributed by atoms with Gasteiger partial charge in [-0.3, -0.25) is 0 Å². The first-order chi connectivity index (χ1) is 10.4. The van der Waals surface area contributed by atoms with Crippen molar-refractivity contribution in [2.24, 2.45) is 10.7 Å². The van der Waals surface area contributed by atoms with Gasteiger partial charge in [0.15, 0.2) is 5.96 Å². The molecule has 0 heterocycles. The monoisotopic (exact) mass is 297 g/mol. The average Bonchev–Trinajstić information content (AvgIpc) is 2.46. The van der Waals surface area contributed by atoms with Crippen LogP contribution in [0, 0.1) is 0 Å². The summed E-state index contributed by atoms with van der Waals surface area (Å²) in [4.78, 5) is 4.34. The predicted octanol–water partition coefficient (Wildman–Crippen LogP) is 3.68. The van der Waals surface area contributed by atoms with Crippen LogP contribution in [-0.4, -0.2) is 11.5 Å². The van der Waals surface area contributed by atoms with Gasteiger partial charge in [-0.25, -0.2) is 4.99 Å². The molecule has 4 heteroatoms. The van der Waals surface area contributed by atoms with E-state index < -0.39 is 0 Å². The third-order valence-corrected chi connectivity index (χ3v) is 2.84. The zero-order valence-electron chi connectivity index (χ0n) is 13.3. The maximum atomic E-state index is 5.85. The van der Waals surface area contributed by atoms with Crippen molar-refractivity contribution < 1.29 is 4.74 Å². The summed E-state index contributed by atoms with van der Waals surface area (Å²) >= 11 is 0. The molecule has 0 spiro atoms. The molecule has 0 saturated heterocycles. The van der Waals surface area contributed by atoms with E-state index in [9.17, 15) is 0 Å². The number of nitrogens with two attached hydrogens (primary N) is 1. The summed E-state index contributed by atoms with van der Waals surface area (Å²) in [5.74, 6) is 2.09. The summed E-state index contributed by atoms with van der Waals surface area (Å²) < 4.78 is 5.75. The van der Waals surface area contributed by atoms with Crippen LogP contribution in [0.5, 0.6) is 11.5 Å². The Morgan fingerprint density at radius 2 is 1.59 bits per heavy atom. The van der Waals surface area contributed by atoms with Gasteiger partial charge in [0.1, 0.15) is 11.5 Å². The van der Waals surface area contributed by atoms with Crippen molar-refractivity contribution in [3.05, 3.63) is 60.2 Å². The maximum Gasteiger partial charge on any atom is 0.189 e. The lowest BCUT2D eigenvalue weighted by molar-refractivity contribution is 0.482. The second-order valence-corrected chi connectivity index (χ2v) is 6.14. The molecular weight excluding hydrogens is 274 g/mol. The molecule has 4 nitrogen and oxygen atoms in total. The number of nitrogens with one attached hydrogen (secondary N) is 1. The fourth-order valence-corrected chi connectivity index (χ4v) is 1.89. The number of benzene rings is 2. The van der Waals surface area contributed by atoms with Crippen molar-refractivity contribution in [3.63, 3.8) is 0 Å². The molecule has 0 aliphatic rings. The predicted molar refractivity (Wildman–Crippen MR) is 91.2 cm³/mol. The molecule has 2 rings (SSSR count). The Bertz CT molecular complexity index is 613. The lowest BCUT2D eigenvalue weighted by atomic mass is 10.1. The number of aliphatic imine (C=N–C) groups is 1. The van der Waals surface area contributed by atoms with Crippen LogP contribution < -0.4 is 15.8 Å². The molecule has 0 aliphatic heterocycles. The van der Waals surface area contributed by atoms with Crippen LogP contribution in [0.25, 0.3) is 0 Å². The van der Waals surface area contributed by atoms with Gasteiger partial charge >= 0.3 is 0 Å². The summed E-state index contributed by atoms with van der Waals surface area (Å²) in [7, 11) is 0. The SMILES string of the molecule is CC(C)(C)NC(N)=NCc1ccc(Oc2ccccc2)cc1. The Kier molecular flexibility index (Phi) is 5.04. The number of ether oxygens (including phenoxy) is 1. The largest absolute Gasteiger partial charge is 0.457 e. The molecule has 0 aliphatic carbocycles. The number of guanidine groups is 1. The maximum absolute atomic E-state index is 5.85. The number of hydrogen-bond donors (Lipinski definition) is 2. The first kappa shape index (κ1) is 15.9. The zero-order valence-corrected chi connectivity index (χ0v) is 13.3. The lowest BCUT2D eigenvalue weighted by Crippen LogP contribution is -2.44. The highest BCUT2D eigenvalue weighted by atomic mass is 16.5.